The number of allylic oxidation sites excluding steroid dienone is 2. The second-order valence-corrected chi connectivity index (χ2v) is 14.0. The monoisotopic (exact) mass is 462 g/mol. The molecule has 0 unspecified atom stereocenters. The Morgan fingerprint density at radius 1 is 1.00 bits per heavy atom. The van der Waals surface area contributed by atoms with Crippen LogP contribution in [0.15, 0.2) is 36.2 Å². The van der Waals surface area contributed by atoms with Crippen LogP contribution in [0.1, 0.15) is 117 Å². The maximum absolute atomic E-state index is 2.76. The highest BCUT2D eigenvalue weighted by atomic mass is 15.0. The Labute approximate surface area is 210 Å². The zero-order chi connectivity index (χ0) is 24.1. The van der Waals surface area contributed by atoms with Crippen molar-refractivity contribution >= 4 is 0 Å². The molecule has 0 aliphatic heterocycles. The maximum Gasteiger partial charge on any atom is 0.171 e. The van der Waals surface area contributed by atoms with E-state index in [-0.39, 0.29) is 0 Å². The molecule has 0 radical (unpaired) electrons. The van der Waals surface area contributed by atoms with Gasteiger partial charge in [-0.3, -0.25) is 0 Å². The standard InChI is InChI=1S/C33H52N/c1-23(2)9-7-11-25(4)29-14-15-30-28-13-12-26-21-27(34-20-8-10-24(3)22-34)16-18-32(26,5)31(28)17-19-33(29,30)6/h8,10,12,20,22-23,25,27-31H,7,9,11,13-19,21H2,1-6H3/q+1/t25-,27+,28-,29+,30-,31-,32-,33+/m0/s1. The molecule has 0 aromatic carbocycles. The van der Waals surface area contributed by atoms with Gasteiger partial charge in [0, 0.05) is 24.5 Å². The van der Waals surface area contributed by atoms with Gasteiger partial charge in [-0.05, 0) is 97.9 Å². The van der Waals surface area contributed by atoms with E-state index in [0.29, 0.717) is 16.9 Å². The predicted molar refractivity (Wildman–Crippen MR) is 143 cm³/mol. The van der Waals surface area contributed by atoms with Gasteiger partial charge >= 0.3 is 0 Å². The smallest absolute Gasteiger partial charge is 0.171 e. The van der Waals surface area contributed by atoms with Crippen molar-refractivity contribution in [2.45, 2.75) is 118 Å². The Kier molecular flexibility index (Phi) is 6.80. The lowest BCUT2D eigenvalue weighted by atomic mass is 9.47. The number of hydrogen-bond acceptors (Lipinski definition) is 0. The fourth-order valence-corrected chi connectivity index (χ4v) is 9.76. The quantitative estimate of drug-likeness (QED) is 0.293. The zero-order valence-electron chi connectivity index (χ0n) is 23.2. The maximum atomic E-state index is 2.76. The van der Waals surface area contributed by atoms with Crippen molar-refractivity contribution in [3.05, 3.63) is 41.7 Å². The van der Waals surface area contributed by atoms with Gasteiger partial charge in [-0.15, -0.1) is 0 Å². The van der Waals surface area contributed by atoms with E-state index in [1.165, 1.54) is 76.2 Å². The lowest BCUT2D eigenvalue weighted by molar-refractivity contribution is -0.725. The zero-order valence-corrected chi connectivity index (χ0v) is 23.2. The van der Waals surface area contributed by atoms with Gasteiger partial charge in [-0.1, -0.05) is 65.5 Å². The summed E-state index contributed by atoms with van der Waals surface area (Å²) in [7, 11) is 0. The SMILES string of the molecule is Cc1ccc[n+]([C@@H]2CC[C@@]3(C)C(=CC[C@H]4[C@@H]5CC[C@H]([C@@H](C)CCCC(C)C)[C@@]5(C)CC[C@@H]43)C2)c1. The molecule has 0 spiro atoms. The summed E-state index contributed by atoms with van der Waals surface area (Å²) in [6.07, 6.45) is 23.1. The average molecular weight is 463 g/mol. The summed E-state index contributed by atoms with van der Waals surface area (Å²) < 4.78 is 2.52. The van der Waals surface area contributed by atoms with E-state index in [2.05, 4.69) is 76.7 Å². The van der Waals surface area contributed by atoms with Gasteiger partial charge in [0.2, 0.25) is 0 Å². The molecule has 0 amide bonds. The molecule has 0 bridgehead atoms. The van der Waals surface area contributed by atoms with Crippen LogP contribution in [0.2, 0.25) is 0 Å². The highest BCUT2D eigenvalue weighted by molar-refractivity contribution is 5.25. The summed E-state index contributed by atoms with van der Waals surface area (Å²) in [6.45, 7) is 15.0. The van der Waals surface area contributed by atoms with Crippen molar-refractivity contribution in [2.75, 3.05) is 0 Å². The van der Waals surface area contributed by atoms with Crippen LogP contribution in [-0.2, 0) is 0 Å². The van der Waals surface area contributed by atoms with Crippen LogP contribution in [0.5, 0.6) is 0 Å². The van der Waals surface area contributed by atoms with Gasteiger partial charge in [-0.25, -0.2) is 4.57 Å². The first-order chi connectivity index (χ1) is 16.2. The average Bonchev–Trinajstić information content (AvgIpc) is 3.15. The minimum atomic E-state index is 0.464. The van der Waals surface area contributed by atoms with E-state index in [0.717, 1.165) is 35.5 Å². The van der Waals surface area contributed by atoms with E-state index < -0.39 is 0 Å². The third kappa shape index (κ3) is 4.22. The molecule has 1 heteroatoms. The molecule has 0 saturated heterocycles. The molecule has 1 nitrogen and oxygen atoms in total. The topological polar surface area (TPSA) is 3.88 Å². The van der Waals surface area contributed by atoms with Crippen molar-refractivity contribution in [1.82, 2.24) is 0 Å². The van der Waals surface area contributed by atoms with Crippen LogP contribution >= 0.6 is 0 Å². The Balaban J connectivity index is 1.31. The largest absolute Gasteiger partial charge is 0.202 e. The van der Waals surface area contributed by atoms with Crippen LogP contribution in [0.4, 0.5) is 0 Å². The summed E-state index contributed by atoms with van der Waals surface area (Å²) in [5.74, 6) is 5.60. The lowest BCUT2D eigenvalue weighted by Gasteiger charge is -2.58. The second kappa shape index (κ2) is 9.40. The molecule has 3 saturated carbocycles. The number of fused-ring (bicyclic) bond motifs is 5. The van der Waals surface area contributed by atoms with Crippen molar-refractivity contribution in [3.8, 4) is 0 Å². The van der Waals surface area contributed by atoms with Crippen molar-refractivity contribution in [2.24, 2.45) is 46.3 Å². The van der Waals surface area contributed by atoms with Crippen molar-refractivity contribution in [1.29, 1.82) is 0 Å². The molecule has 1 aromatic rings. The normalized spacial score (nSPS) is 40.3. The van der Waals surface area contributed by atoms with Gasteiger partial charge < -0.3 is 0 Å². The number of pyridine rings is 1. The molecule has 1 aromatic heterocycles. The van der Waals surface area contributed by atoms with Crippen LogP contribution in [0, 0.1) is 53.3 Å². The molecule has 8 atom stereocenters. The summed E-state index contributed by atoms with van der Waals surface area (Å²) in [5, 5.41) is 0. The van der Waals surface area contributed by atoms with Crippen LogP contribution in [0.25, 0.3) is 0 Å². The van der Waals surface area contributed by atoms with E-state index in [9.17, 15) is 0 Å². The van der Waals surface area contributed by atoms with E-state index in [1.807, 2.05) is 5.57 Å². The van der Waals surface area contributed by atoms with E-state index >= 15 is 0 Å². The van der Waals surface area contributed by atoms with Gasteiger partial charge in [0.1, 0.15) is 0 Å². The highest BCUT2D eigenvalue weighted by Gasteiger charge is 2.59. The second-order valence-electron chi connectivity index (χ2n) is 14.0. The first-order valence-electron chi connectivity index (χ1n) is 14.9. The van der Waals surface area contributed by atoms with Gasteiger partial charge in [0.25, 0.3) is 0 Å². The van der Waals surface area contributed by atoms with Crippen molar-refractivity contribution < 1.29 is 4.57 Å². The molecule has 1 heterocycles. The molecule has 4 aliphatic rings. The molecule has 3 fully saturated rings. The van der Waals surface area contributed by atoms with Crippen LogP contribution in [0.3, 0.4) is 0 Å². The fourth-order valence-electron chi connectivity index (χ4n) is 9.76. The third-order valence-corrected chi connectivity index (χ3v) is 11.7. The van der Waals surface area contributed by atoms with E-state index in [4.69, 9.17) is 0 Å². The molecule has 188 valence electrons. The molecular formula is C33H52N+. The summed E-state index contributed by atoms with van der Waals surface area (Å²) in [4.78, 5) is 0. The minimum Gasteiger partial charge on any atom is -0.202 e. The van der Waals surface area contributed by atoms with Gasteiger partial charge in [0.15, 0.2) is 18.4 Å². The summed E-state index contributed by atoms with van der Waals surface area (Å²) in [5.41, 5.74) is 4.27. The minimum absolute atomic E-state index is 0.464. The summed E-state index contributed by atoms with van der Waals surface area (Å²) in [6, 6.07) is 5.12. The number of rotatable bonds is 6. The molecule has 34 heavy (non-hydrogen) atoms. The number of nitrogens with zero attached hydrogens (tertiary/aromatic N) is 1. The highest BCUT2D eigenvalue weighted by Crippen LogP contribution is 2.67. The Morgan fingerprint density at radius 3 is 2.59 bits per heavy atom. The molecule has 4 aliphatic carbocycles. The Bertz CT molecular complexity index is 898. The Morgan fingerprint density at radius 2 is 1.82 bits per heavy atom. The first-order valence-corrected chi connectivity index (χ1v) is 14.9. The van der Waals surface area contributed by atoms with Crippen molar-refractivity contribution in [3.63, 3.8) is 0 Å². The Hall–Kier alpha value is -1.11. The summed E-state index contributed by atoms with van der Waals surface area (Å²) >= 11 is 0. The number of hydrogen-bond donors (Lipinski definition) is 0. The number of aromatic nitrogens is 1. The molecular weight excluding hydrogens is 410 g/mol. The predicted octanol–water partition coefficient (Wildman–Crippen LogP) is 8.87. The first kappa shape index (κ1) is 24.6. The fraction of sp³-hybridized carbons (Fsp3) is 0.788. The number of aryl methyl sites for hydroxylation is 1. The van der Waals surface area contributed by atoms with E-state index in [1.54, 1.807) is 0 Å². The lowest BCUT2D eigenvalue weighted by Crippen LogP contribution is -2.52. The molecule has 5 rings (SSSR count). The van der Waals surface area contributed by atoms with Crippen LogP contribution < -0.4 is 4.57 Å². The van der Waals surface area contributed by atoms with Crippen LogP contribution in [-0.4, -0.2) is 0 Å². The van der Waals surface area contributed by atoms with Gasteiger partial charge in [0.05, 0.1) is 0 Å². The third-order valence-electron chi connectivity index (χ3n) is 11.7. The molecule has 0 N–H and O–H groups in total. The van der Waals surface area contributed by atoms with Gasteiger partial charge in [-0.2, -0.15) is 0 Å².